The van der Waals surface area contributed by atoms with Gasteiger partial charge in [-0.15, -0.1) is 0 Å². The van der Waals surface area contributed by atoms with Crippen molar-refractivity contribution in [3.8, 4) is 5.88 Å². The molecule has 0 atom stereocenters. The molecule has 1 heterocycles. The van der Waals surface area contributed by atoms with Crippen LogP contribution in [0.5, 0.6) is 5.88 Å². The van der Waals surface area contributed by atoms with E-state index in [2.05, 4.69) is 4.98 Å². The quantitative estimate of drug-likeness (QED) is 0.671. The number of pyridine rings is 1. The van der Waals surface area contributed by atoms with Gasteiger partial charge >= 0.3 is 0 Å². The molecule has 0 unspecified atom stereocenters. The van der Waals surface area contributed by atoms with Crippen molar-refractivity contribution < 1.29 is 4.74 Å². The fourth-order valence-electron chi connectivity index (χ4n) is 0.553. The van der Waals surface area contributed by atoms with E-state index in [1.807, 2.05) is 0 Å². The Bertz CT molecular complexity index is 239. The largest absolute Gasteiger partial charge is 0.481 e. The highest BCUT2D eigenvalue weighted by Crippen LogP contribution is 2.18. The summed E-state index contributed by atoms with van der Waals surface area (Å²) in [7, 11) is 1.52. The molecule has 0 amide bonds. The lowest BCUT2D eigenvalue weighted by molar-refractivity contribution is 0.398. The molecule has 1 aromatic rings. The molecular formula is C6H7ClN2O. The molecule has 0 fully saturated rings. The lowest BCUT2D eigenvalue weighted by Crippen LogP contribution is -1.93. The minimum atomic E-state index is 0.293. The third-order valence-electron chi connectivity index (χ3n) is 1.06. The van der Waals surface area contributed by atoms with Gasteiger partial charge in [0.15, 0.2) is 0 Å². The zero-order valence-electron chi connectivity index (χ0n) is 5.47. The highest BCUT2D eigenvalue weighted by Gasteiger charge is 1.97. The van der Waals surface area contributed by atoms with Crippen molar-refractivity contribution in [2.75, 3.05) is 12.8 Å². The number of aromatic nitrogens is 1. The van der Waals surface area contributed by atoms with Crippen LogP contribution in [0.3, 0.4) is 0 Å². The van der Waals surface area contributed by atoms with E-state index in [4.69, 9.17) is 22.1 Å². The third-order valence-corrected chi connectivity index (χ3v) is 1.38. The van der Waals surface area contributed by atoms with Crippen molar-refractivity contribution in [3.63, 3.8) is 0 Å². The Labute approximate surface area is 63.8 Å². The summed E-state index contributed by atoms with van der Waals surface area (Å²) >= 11 is 5.59. The zero-order chi connectivity index (χ0) is 7.56. The van der Waals surface area contributed by atoms with E-state index in [1.54, 1.807) is 12.1 Å². The second-order valence-electron chi connectivity index (χ2n) is 1.72. The Morgan fingerprint density at radius 2 is 2.30 bits per heavy atom. The SMILES string of the molecule is COc1ccc(Cl)c(N)n1. The molecule has 0 aliphatic heterocycles. The third kappa shape index (κ3) is 1.30. The van der Waals surface area contributed by atoms with Crippen LogP contribution < -0.4 is 10.5 Å². The number of nitrogens with two attached hydrogens (primary N) is 1. The number of nitrogen functional groups attached to an aromatic ring is 1. The lowest BCUT2D eigenvalue weighted by Gasteiger charge is -1.99. The molecule has 0 aliphatic rings. The molecular weight excluding hydrogens is 152 g/mol. The minimum Gasteiger partial charge on any atom is -0.481 e. The van der Waals surface area contributed by atoms with Crippen LogP contribution in [0, 0.1) is 0 Å². The standard InChI is InChI=1S/C6H7ClN2O/c1-10-5-3-2-4(7)6(8)9-5/h2-3H,1H3,(H2,8,9). The number of hydrogen-bond acceptors (Lipinski definition) is 3. The number of methoxy groups -OCH3 is 1. The predicted molar refractivity (Wildman–Crippen MR) is 40.2 cm³/mol. The van der Waals surface area contributed by atoms with Crippen LogP contribution in [0.1, 0.15) is 0 Å². The molecule has 0 saturated heterocycles. The molecule has 0 bridgehead atoms. The lowest BCUT2D eigenvalue weighted by atomic mass is 10.4. The summed E-state index contributed by atoms with van der Waals surface area (Å²) < 4.78 is 4.80. The fraction of sp³-hybridized carbons (Fsp3) is 0.167. The molecule has 10 heavy (non-hydrogen) atoms. The Kier molecular flexibility index (Phi) is 1.97. The molecule has 0 spiro atoms. The number of halogens is 1. The monoisotopic (exact) mass is 158 g/mol. The van der Waals surface area contributed by atoms with Gasteiger partial charge in [-0.05, 0) is 6.07 Å². The van der Waals surface area contributed by atoms with Crippen molar-refractivity contribution in [2.45, 2.75) is 0 Å². The minimum absolute atomic E-state index is 0.293. The van der Waals surface area contributed by atoms with Crippen LogP contribution in [0.4, 0.5) is 5.82 Å². The Hall–Kier alpha value is -0.960. The highest BCUT2D eigenvalue weighted by atomic mass is 35.5. The summed E-state index contributed by atoms with van der Waals surface area (Å²) in [6.07, 6.45) is 0. The van der Waals surface area contributed by atoms with E-state index in [9.17, 15) is 0 Å². The molecule has 0 radical (unpaired) electrons. The van der Waals surface area contributed by atoms with Crippen LogP contribution >= 0.6 is 11.6 Å². The van der Waals surface area contributed by atoms with E-state index in [0.717, 1.165) is 0 Å². The van der Waals surface area contributed by atoms with Gasteiger partial charge in [-0.25, -0.2) is 0 Å². The molecule has 0 aromatic carbocycles. The second kappa shape index (κ2) is 2.75. The van der Waals surface area contributed by atoms with Gasteiger partial charge in [-0.3, -0.25) is 0 Å². The second-order valence-corrected chi connectivity index (χ2v) is 2.13. The number of nitrogens with zero attached hydrogens (tertiary/aromatic N) is 1. The smallest absolute Gasteiger partial charge is 0.214 e. The maximum absolute atomic E-state index is 5.59. The van der Waals surface area contributed by atoms with Gasteiger partial charge in [0.2, 0.25) is 5.88 Å². The number of ether oxygens (including phenoxy) is 1. The maximum Gasteiger partial charge on any atom is 0.214 e. The number of hydrogen-bond donors (Lipinski definition) is 1. The van der Waals surface area contributed by atoms with Crippen molar-refractivity contribution in [1.29, 1.82) is 0 Å². The van der Waals surface area contributed by atoms with E-state index in [1.165, 1.54) is 7.11 Å². The molecule has 1 rings (SSSR count). The molecule has 1 aromatic heterocycles. The molecule has 2 N–H and O–H groups in total. The van der Waals surface area contributed by atoms with Gasteiger partial charge in [0.05, 0.1) is 12.1 Å². The summed E-state index contributed by atoms with van der Waals surface area (Å²) in [4.78, 5) is 3.81. The summed E-state index contributed by atoms with van der Waals surface area (Å²) in [6, 6.07) is 3.29. The summed E-state index contributed by atoms with van der Waals surface area (Å²) in [6.45, 7) is 0. The fourth-order valence-corrected chi connectivity index (χ4v) is 0.658. The molecule has 0 saturated carbocycles. The first-order valence-corrected chi connectivity index (χ1v) is 3.08. The number of anilines is 1. The Morgan fingerprint density at radius 1 is 1.60 bits per heavy atom. The van der Waals surface area contributed by atoms with Crippen LogP contribution in [0.25, 0.3) is 0 Å². The van der Waals surface area contributed by atoms with Crippen molar-refractivity contribution in [3.05, 3.63) is 17.2 Å². The van der Waals surface area contributed by atoms with Crippen LogP contribution in [0.15, 0.2) is 12.1 Å². The average molecular weight is 159 g/mol. The van der Waals surface area contributed by atoms with E-state index in [0.29, 0.717) is 16.7 Å². The Balaban J connectivity index is 3.04. The first kappa shape index (κ1) is 7.15. The van der Waals surface area contributed by atoms with Crippen LogP contribution in [-0.4, -0.2) is 12.1 Å². The van der Waals surface area contributed by atoms with Gasteiger partial charge in [0.25, 0.3) is 0 Å². The predicted octanol–water partition coefficient (Wildman–Crippen LogP) is 1.33. The van der Waals surface area contributed by atoms with Crippen LogP contribution in [-0.2, 0) is 0 Å². The van der Waals surface area contributed by atoms with Gasteiger partial charge < -0.3 is 10.5 Å². The highest BCUT2D eigenvalue weighted by molar-refractivity contribution is 6.32. The van der Waals surface area contributed by atoms with Crippen molar-refractivity contribution in [2.24, 2.45) is 0 Å². The van der Waals surface area contributed by atoms with E-state index in [-0.39, 0.29) is 0 Å². The zero-order valence-corrected chi connectivity index (χ0v) is 6.22. The molecule has 4 heteroatoms. The molecule has 0 aliphatic carbocycles. The summed E-state index contributed by atoms with van der Waals surface area (Å²) in [5, 5.41) is 0.445. The van der Waals surface area contributed by atoms with E-state index < -0.39 is 0 Å². The van der Waals surface area contributed by atoms with Gasteiger partial charge in [0.1, 0.15) is 5.82 Å². The summed E-state index contributed by atoms with van der Waals surface area (Å²) in [5.74, 6) is 0.767. The Morgan fingerprint density at radius 3 is 2.80 bits per heavy atom. The maximum atomic E-state index is 5.59. The van der Waals surface area contributed by atoms with Crippen molar-refractivity contribution in [1.82, 2.24) is 4.98 Å². The number of rotatable bonds is 1. The first-order chi connectivity index (χ1) is 4.74. The van der Waals surface area contributed by atoms with Gasteiger partial charge in [-0.1, -0.05) is 11.6 Å². The van der Waals surface area contributed by atoms with Gasteiger partial charge in [0, 0.05) is 6.07 Å². The summed E-state index contributed by atoms with van der Waals surface area (Å²) in [5.41, 5.74) is 5.37. The normalized spacial score (nSPS) is 9.40. The molecule has 54 valence electrons. The van der Waals surface area contributed by atoms with Crippen LogP contribution in [0.2, 0.25) is 5.02 Å². The van der Waals surface area contributed by atoms with Gasteiger partial charge in [-0.2, -0.15) is 4.98 Å². The average Bonchev–Trinajstić information content (AvgIpc) is 1.95. The molecule has 3 nitrogen and oxygen atoms in total. The first-order valence-electron chi connectivity index (χ1n) is 2.70. The van der Waals surface area contributed by atoms with E-state index >= 15 is 0 Å². The topological polar surface area (TPSA) is 48.1 Å². The van der Waals surface area contributed by atoms with Crippen molar-refractivity contribution >= 4 is 17.4 Å².